The molecule has 0 spiro atoms. The molecule has 0 N–H and O–H groups in total. The molecule has 0 saturated carbocycles. The summed E-state index contributed by atoms with van der Waals surface area (Å²) < 4.78 is 1.93. The average Bonchev–Trinajstić information content (AvgIpc) is 3.11. The van der Waals surface area contributed by atoms with Crippen LogP contribution in [0.3, 0.4) is 0 Å². The van der Waals surface area contributed by atoms with Crippen molar-refractivity contribution in [3.8, 4) is 0 Å². The van der Waals surface area contributed by atoms with E-state index in [1.54, 1.807) is 12.7 Å². The highest BCUT2D eigenvalue weighted by molar-refractivity contribution is 5.13. The summed E-state index contributed by atoms with van der Waals surface area (Å²) in [5.41, 5.74) is 1.29. The van der Waals surface area contributed by atoms with Crippen molar-refractivity contribution in [2.75, 3.05) is 6.54 Å². The zero-order valence-electron chi connectivity index (χ0n) is 11.2. The van der Waals surface area contributed by atoms with Crippen molar-refractivity contribution in [2.45, 2.75) is 38.4 Å². The van der Waals surface area contributed by atoms with Crippen LogP contribution in [0, 0.1) is 0 Å². The molecule has 100 valence electrons. The van der Waals surface area contributed by atoms with Crippen LogP contribution < -0.4 is 0 Å². The second kappa shape index (κ2) is 5.48. The lowest BCUT2D eigenvalue weighted by Crippen LogP contribution is -2.35. The second-order valence-electron chi connectivity index (χ2n) is 5.11. The molecule has 0 aromatic carbocycles. The van der Waals surface area contributed by atoms with Gasteiger partial charge in [0.2, 0.25) is 0 Å². The van der Waals surface area contributed by atoms with Gasteiger partial charge in [-0.05, 0) is 37.9 Å². The monoisotopic (exact) mass is 257 g/mol. The molecule has 1 fully saturated rings. The molecule has 19 heavy (non-hydrogen) atoms. The van der Waals surface area contributed by atoms with Crippen LogP contribution in [0.4, 0.5) is 0 Å². The number of rotatable bonds is 4. The second-order valence-corrected chi connectivity index (χ2v) is 5.11. The zero-order valence-corrected chi connectivity index (χ0v) is 11.2. The highest BCUT2D eigenvalue weighted by Crippen LogP contribution is 2.29. The van der Waals surface area contributed by atoms with E-state index in [1.165, 1.54) is 18.4 Å². The first-order valence-electron chi connectivity index (χ1n) is 6.82. The minimum atomic E-state index is 0.407. The molecular formula is C14H19N5. The zero-order chi connectivity index (χ0) is 13.1. The van der Waals surface area contributed by atoms with E-state index in [4.69, 9.17) is 0 Å². The van der Waals surface area contributed by atoms with E-state index >= 15 is 0 Å². The fourth-order valence-corrected chi connectivity index (χ4v) is 2.92. The van der Waals surface area contributed by atoms with Crippen LogP contribution in [-0.2, 0) is 6.54 Å². The van der Waals surface area contributed by atoms with Crippen molar-refractivity contribution in [1.82, 2.24) is 24.6 Å². The topological polar surface area (TPSA) is 46.8 Å². The number of hydrogen-bond donors (Lipinski definition) is 0. The van der Waals surface area contributed by atoms with E-state index in [2.05, 4.69) is 33.0 Å². The fourth-order valence-electron chi connectivity index (χ4n) is 2.92. The molecule has 0 radical (unpaired) electrons. The SMILES string of the molecule is C[C@@H](c1cccnc1)N1CCC[C@H]1Cn1cncn1. The first-order chi connectivity index (χ1) is 9.34. The summed E-state index contributed by atoms with van der Waals surface area (Å²) in [5.74, 6) is 0. The molecule has 0 amide bonds. The summed E-state index contributed by atoms with van der Waals surface area (Å²) in [6.07, 6.45) is 9.67. The molecule has 1 saturated heterocycles. The van der Waals surface area contributed by atoms with Crippen molar-refractivity contribution in [3.05, 3.63) is 42.7 Å². The summed E-state index contributed by atoms with van der Waals surface area (Å²) in [6, 6.07) is 5.11. The van der Waals surface area contributed by atoms with Crippen LogP contribution in [0.15, 0.2) is 37.2 Å². The Kier molecular flexibility index (Phi) is 3.55. The van der Waals surface area contributed by atoms with Gasteiger partial charge in [-0.3, -0.25) is 14.6 Å². The van der Waals surface area contributed by atoms with Crippen LogP contribution in [0.25, 0.3) is 0 Å². The van der Waals surface area contributed by atoms with Gasteiger partial charge in [0.1, 0.15) is 12.7 Å². The van der Waals surface area contributed by atoms with Gasteiger partial charge in [0.25, 0.3) is 0 Å². The number of aromatic nitrogens is 4. The number of hydrogen-bond acceptors (Lipinski definition) is 4. The highest BCUT2D eigenvalue weighted by Gasteiger charge is 2.29. The van der Waals surface area contributed by atoms with E-state index in [0.29, 0.717) is 12.1 Å². The average molecular weight is 257 g/mol. The molecule has 2 atom stereocenters. The van der Waals surface area contributed by atoms with Gasteiger partial charge < -0.3 is 0 Å². The summed E-state index contributed by atoms with van der Waals surface area (Å²) in [7, 11) is 0. The van der Waals surface area contributed by atoms with Gasteiger partial charge in [-0.25, -0.2) is 4.98 Å². The lowest BCUT2D eigenvalue weighted by Gasteiger charge is -2.30. The normalized spacial score (nSPS) is 21.6. The summed E-state index contributed by atoms with van der Waals surface area (Å²) >= 11 is 0. The van der Waals surface area contributed by atoms with Crippen LogP contribution in [0.1, 0.15) is 31.4 Å². The largest absolute Gasteiger partial charge is 0.292 e. The van der Waals surface area contributed by atoms with E-state index in [-0.39, 0.29) is 0 Å². The minimum absolute atomic E-state index is 0.407. The predicted octanol–water partition coefficient (Wildman–Crippen LogP) is 1.90. The van der Waals surface area contributed by atoms with Gasteiger partial charge in [-0.15, -0.1) is 0 Å². The maximum absolute atomic E-state index is 4.22. The molecule has 5 nitrogen and oxygen atoms in total. The van der Waals surface area contributed by atoms with Crippen LogP contribution >= 0.6 is 0 Å². The third-order valence-corrected chi connectivity index (χ3v) is 3.95. The lowest BCUT2D eigenvalue weighted by molar-refractivity contribution is 0.173. The number of nitrogens with zero attached hydrogens (tertiary/aromatic N) is 5. The van der Waals surface area contributed by atoms with Gasteiger partial charge in [0.05, 0.1) is 6.54 Å². The molecule has 1 aliphatic rings. The first kappa shape index (κ1) is 12.3. The first-order valence-corrected chi connectivity index (χ1v) is 6.82. The van der Waals surface area contributed by atoms with Gasteiger partial charge in [-0.2, -0.15) is 5.10 Å². The van der Waals surface area contributed by atoms with E-state index < -0.39 is 0 Å². The summed E-state index contributed by atoms with van der Waals surface area (Å²) in [5, 5.41) is 4.21. The van der Waals surface area contributed by atoms with Crippen molar-refractivity contribution >= 4 is 0 Å². The molecule has 3 rings (SSSR count). The van der Waals surface area contributed by atoms with Gasteiger partial charge >= 0.3 is 0 Å². The Labute approximate surface area is 113 Å². The molecule has 0 aliphatic carbocycles. The highest BCUT2D eigenvalue weighted by atomic mass is 15.3. The Morgan fingerprint density at radius 2 is 2.37 bits per heavy atom. The van der Waals surface area contributed by atoms with E-state index in [9.17, 15) is 0 Å². The van der Waals surface area contributed by atoms with Crippen LogP contribution in [-0.4, -0.2) is 37.2 Å². The Balaban J connectivity index is 1.72. The predicted molar refractivity (Wildman–Crippen MR) is 72.4 cm³/mol. The minimum Gasteiger partial charge on any atom is -0.292 e. The summed E-state index contributed by atoms with van der Waals surface area (Å²) in [4.78, 5) is 10.8. The van der Waals surface area contributed by atoms with Crippen LogP contribution in [0.2, 0.25) is 0 Å². The van der Waals surface area contributed by atoms with E-state index in [1.807, 2.05) is 23.1 Å². The van der Waals surface area contributed by atoms with Crippen LogP contribution in [0.5, 0.6) is 0 Å². The Morgan fingerprint density at radius 3 is 3.11 bits per heavy atom. The molecule has 3 heterocycles. The molecule has 2 aromatic heterocycles. The van der Waals surface area contributed by atoms with Crippen molar-refractivity contribution in [3.63, 3.8) is 0 Å². The van der Waals surface area contributed by atoms with Gasteiger partial charge in [0, 0.05) is 24.5 Å². The van der Waals surface area contributed by atoms with Gasteiger partial charge in [-0.1, -0.05) is 6.07 Å². The van der Waals surface area contributed by atoms with Crippen molar-refractivity contribution in [1.29, 1.82) is 0 Å². The van der Waals surface area contributed by atoms with E-state index in [0.717, 1.165) is 13.1 Å². The Bertz CT molecular complexity index is 496. The molecule has 2 aromatic rings. The van der Waals surface area contributed by atoms with Crippen molar-refractivity contribution in [2.24, 2.45) is 0 Å². The van der Waals surface area contributed by atoms with Gasteiger partial charge in [0.15, 0.2) is 0 Å². The molecule has 0 unspecified atom stereocenters. The Morgan fingerprint density at radius 1 is 1.42 bits per heavy atom. The quantitative estimate of drug-likeness (QED) is 0.839. The third kappa shape index (κ3) is 2.66. The molecule has 0 bridgehead atoms. The third-order valence-electron chi connectivity index (χ3n) is 3.95. The smallest absolute Gasteiger partial charge is 0.137 e. The number of likely N-dealkylation sites (tertiary alicyclic amines) is 1. The summed E-state index contributed by atoms with van der Waals surface area (Å²) in [6.45, 7) is 4.33. The molecule has 1 aliphatic heterocycles. The maximum atomic E-state index is 4.22. The van der Waals surface area contributed by atoms with Crippen molar-refractivity contribution < 1.29 is 0 Å². The number of pyridine rings is 1. The Hall–Kier alpha value is -1.75. The molecule has 5 heteroatoms. The lowest BCUT2D eigenvalue weighted by atomic mass is 10.1. The standard InChI is InChI=1S/C14H19N5/c1-12(13-4-2-6-15-8-13)19-7-3-5-14(19)9-18-11-16-10-17-18/h2,4,6,8,10-12,14H,3,5,7,9H2,1H3/t12-,14-/m0/s1. The maximum Gasteiger partial charge on any atom is 0.137 e. The molecular weight excluding hydrogens is 238 g/mol. The fraction of sp³-hybridized carbons (Fsp3) is 0.500.